The summed E-state index contributed by atoms with van der Waals surface area (Å²) in [5, 5.41) is 5.40. The van der Waals surface area contributed by atoms with Crippen molar-refractivity contribution in [1.29, 1.82) is 0 Å². The van der Waals surface area contributed by atoms with Gasteiger partial charge in [0, 0.05) is 28.4 Å². The Kier molecular flexibility index (Phi) is 11.3. The zero-order valence-corrected chi connectivity index (χ0v) is 19.8. The van der Waals surface area contributed by atoms with Crippen molar-refractivity contribution in [2.24, 2.45) is 22.7 Å². The Hall–Kier alpha value is -2.24. The smallest absolute Gasteiger partial charge is 0.258 e. The average Bonchev–Trinajstić information content (AvgIpc) is 3.04. The Bertz CT molecular complexity index is 790. The standard InChI is InChI=1S/C15H15NO.C8H16N2S.C2H6/c1-3-4-10-14-12(2)11-16(15(14)17)13-8-6-5-7-9-13;1-5-3-7(4-5)8(9)6(2)11-10;1-2/h3-10H,1,11H2,2H3;5,7H,3-4,9-10H2,1-2H3;1-2H3/b10-4-;8-6-;. The zero-order valence-electron chi connectivity index (χ0n) is 19.0. The van der Waals surface area contributed by atoms with Gasteiger partial charge in [0.05, 0.1) is 0 Å². The highest BCUT2D eigenvalue weighted by atomic mass is 32.2. The molecule has 1 fully saturated rings. The fourth-order valence-corrected chi connectivity index (χ4v) is 3.73. The molecule has 0 unspecified atom stereocenters. The number of benzene rings is 1. The van der Waals surface area contributed by atoms with Crippen molar-refractivity contribution in [3.63, 3.8) is 0 Å². The number of nitrogens with two attached hydrogens (primary N) is 2. The molecule has 1 amide bonds. The van der Waals surface area contributed by atoms with Gasteiger partial charge in [-0.05, 0) is 62.3 Å². The Labute approximate surface area is 186 Å². The van der Waals surface area contributed by atoms with E-state index in [4.69, 9.17) is 10.9 Å². The van der Waals surface area contributed by atoms with E-state index in [9.17, 15) is 4.79 Å². The summed E-state index contributed by atoms with van der Waals surface area (Å²) in [6, 6.07) is 9.73. The minimum Gasteiger partial charge on any atom is -0.401 e. The number of hydrogen-bond acceptors (Lipinski definition) is 4. The summed E-state index contributed by atoms with van der Waals surface area (Å²) in [4.78, 5) is 15.1. The van der Waals surface area contributed by atoms with Crippen LogP contribution in [0.25, 0.3) is 0 Å². The first kappa shape index (κ1) is 25.8. The maximum Gasteiger partial charge on any atom is 0.258 e. The van der Waals surface area contributed by atoms with E-state index in [0.29, 0.717) is 12.5 Å². The summed E-state index contributed by atoms with van der Waals surface area (Å²) >= 11 is 1.27. The molecule has 2 aliphatic rings. The van der Waals surface area contributed by atoms with Gasteiger partial charge in [-0.1, -0.05) is 69.6 Å². The third-order valence-electron chi connectivity index (χ3n) is 5.19. The van der Waals surface area contributed by atoms with Crippen molar-refractivity contribution in [2.45, 2.75) is 47.5 Å². The summed E-state index contributed by atoms with van der Waals surface area (Å²) in [5.41, 5.74) is 9.69. The second-order valence-corrected chi connectivity index (χ2v) is 8.27. The van der Waals surface area contributed by atoms with Crippen LogP contribution in [0.5, 0.6) is 0 Å². The molecule has 5 heteroatoms. The Morgan fingerprint density at radius 1 is 1.23 bits per heavy atom. The van der Waals surface area contributed by atoms with Crippen LogP contribution in [0.3, 0.4) is 0 Å². The number of rotatable bonds is 5. The second kappa shape index (κ2) is 13.1. The van der Waals surface area contributed by atoms with E-state index in [1.165, 1.54) is 24.8 Å². The number of anilines is 1. The van der Waals surface area contributed by atoms with Gasteiger partial charge in [0.2, 0.25) is 0 Å². The lowest BCUT2D eigenvalue weighted by molar-refractivity contribution is -0.114. The molecule has 164 valence electrons. The van der Waals surface area contributed by atoms with E-state index in [-0.39, 0.29) is 5.91 Å². The Morgan fingerprint density at radius 3 is 2.33 bits per heavy atom. The van der Waals surface area contributed by atoms with Crippen molar-refractivity contribution in [3.8, 4) is 0 Å². The van der Waals surface area contributed by atoms with E-state index in [1.807, 2.05) is 64.1 Å². The third kappa shape index (κ3) is 6.92. The fraction of sp³-hybridized carbons (Fsp3) is 0.400. The second-order valence-electron chi connectivity index (χ2n) is 7.42. The monoisotopic (exact) mass is 427 g/mol. The van der Waals surface area contributed by atoms with Gasteiger partial charge >= 0.3 is 0 Å². The molecule has 1 aliphatic heterocycles. The van der Waals surface area contributed by atoms with Crippen LogP contribution < -0.4 is 15.8 Å². The summed E-state index contributed by atoms with van der Waals surface area (Å²) in [5.74, 6) is 1.53. The average molecular weight is 428 g/mol. The molecule has 1 saturated carbocycles. The maximum atomic E-state index is 12.2. The van der Waals surface area contributed by atoms with Crippen molar-refractivity contribution < 1.29 is 4.79 Å². The van der Waals surface area contributed by atoms with Crippen LogP contribution in [0.15, 0.2) is 76.9 Å². The quantitative estimate of drug-likeness (QED) is 0.450. The molecule has 0 radical (unpaired) electrons. The first-order chi connectivity index (χ1) is 14.4. The molecular formula is C25H37N3OS. The van der Waals surface area contributed by atoms with Crippen LogP contribution in [-0.2, 0) is 4.79 Å². The predicted molar refractivity (Wildman–Crippen MR) is 133 cm³/mol. The molecule has 4 N–H and O–H groups in total. The lowest BCUT2D eigenvalue weighted by atomic mass is 9.74. The van der Waals surface area contributed by atoms with Gasteiger partial charge < -0.3 is 10.6 Å². The first-order valence-corrected chi connectivity index (χ1v) is 11.5. The first-order valence-electron chi connectivity index (χ1n) is 10.6. The number of nitrogens with zero attached hydrogens (tertiary/aromatic N) is 1. The molecule has 4 nitrogen and oxygen atoms in total. The van der Waals surface area contributed by atoms with Crippen LogP contribution in [0.1, 0.15) is 47.5 Å². The van der Waals surface area contributed by atoms with Crippen LogP contribution >= 0.6 is 11.9 Å². The van der Waals surface area contributed by atoms with Gasteiger partial charge in [0.15, 0.2) is 0 Å². The molecular weight excluding hydrogens is 390 g/mol. The molecule has 1 heterocycles. The minimum atomic E-state index is 0.0619. The molecule has 1 aromatic carbocycles. The predicted octanol–water partition coefficient (Wildman–Crippen LogP) is 5.95. The van der Waals surface area contributed by atoms with Gasteiger partial charge in [0.25, 0.3) is 5.91 Å². The summed E-state index contributed by atoms with van der Waals surface area (Å²) in [7, 11) is 0. The normalized spacial score (nSPS) is 21.3. The lowest BCUT2D eigenvalue weighted by Crippen LogP contribution is -2.27. The van der Waals surface area contributed by atoms with Crippen LogP contribution in [0, 0.1) is 11.8 Å². The Balaban J connectivity index is 0.000000300. The summed E-state index contributed by atoms with van der Waals surface area (Å²) in [6.07, 6.45) is 7.78. The van der Waals surface area contributed by atoms with E-state index >= 15 is 0 Å². The highest BCUT2D eigenvalue weighted by Crippen LogP contribution is 2.38. The van der Waals surface area contributed by atoms with E-state index < -0.39 is 0 Å². The van der Waals surface area contributed by atoms with Crippen LogP contribution in [-0.4, -0.2) is 12.5 Å². The van der Waals surface area contributed by atoms with Crippen molar-refractivity contribution in [3.05, 3.63) is 76.9 Å². The topological polar surface area (TPSA) is 72.3 Å². The molecule has 1 aromatic rings. The van der Waals surface area contributed by atoms with E-state index in [0.717, 1.165) is 33.4 Å². The van der Waals surface area contributed by atoms with Crippen LogP contribution in [0.4, 0.5) is 5.69 Å². The van der Waals surface area contributed by atoms with E-state index in [1.54, 1.807) is 17.1 Å². The molecule has 0 spiro atoms. The summed E-state index contributed by atoms with van der Waals surface area (Å²) < 4.78 is 0. The van der Waals surface area contributed by atoms with Crippen molar-refractivity contribution in [1.82, 2.24) is 0 Å². The number of carbonyl (C=O) groups is 1. The fourth-order valence-electron chi connectivity index (χ4n) is 3.43. The van der Waals surface area contributed by atoms with Gasteiger partial charge in [-0.2, -0.15) is 0 Å². The molecule has 0 saturated heterocycles. The Morgan fingerprint density at radius 2 is 1.83 bits per heavy atom. The van der Waals surface area contributed by atoms with Crippen LogP contribution in [0.2, 0.25) is 0 Å². The number of amides is 1. The molecule has 0 atom stereocenters. The van der Waals surface area contributed by atoms with Gasteiger partial charge in [0.1, 0.15) is 0 Å². The third-order valence-corrected chi connectivity index (χ3v) is 5.78. The number of allylic oxidation sites excluding steroid dienone is 4. The number of carbonyl (C=O) groups excluding carboxylic acids is 1. The SMILES string of the molecule is C/C(SN)=C(/N)C1CC(C)C1.C=C/C=C\C1=C(C)CN(c2ccccc2)C1=O.CC. The van der Waals surface area contributed by atoms with Crippen molar-refractivity contribution >= 4 is 23.5 Å². The highest BCUT2D eigenvalue weighted by molar-refractivity contribution is 8.00. The molecule has 30 heavy (non-hydrogen) atoms. The maximum absolute atomic E-state index is 12.2. The van der Waals surface area contributed by atoms with Gasteiger partial charge in [-0.25, -0.2) is 0 Å². The lowest BCUT2D eigenvalue weighted by Gasteiger charge is -2.33. The number of para-hydroxylation sites is 1. The van der Waals surface area contributed by atoms with Gasteiger partial charge in [-0.15, -0.1) is 0 Å². The largest absolute Gasteiger partial charge is 0.401 e. The van der Waals surface area contributed by atoms with Crippen molar-refractivity contribution in [2.75, 3.05) is 11.4 Å². The highest BCUT2D eigenvalue weighted by Gasteiger charge is 2.28. The molecule has 1 aliphatic carbocycles. The number of hydrogen-bond donors (Lipinski definition) is 2. The minimum absolute atomic E-state index is 0.0619. The summed E-state index contributed by atoms with van der Waals surface area (Å²) in [6.45, 7) is 14.5. The molecule has 0 bridgehead atoms. The molecule has 3 rings (SSSR count). The zero-order chi connectivity index (χ0) is 22.7. The van der Waals surface area contributed by atoms with E-state index in [2.05, 4.69) is 13.5 Å². The van der Waals surface area contributed by atoms with Gasteiger partial charge in [-0.3, -0.25) is 9.93 Å². The molecule has 0 aromatic heterocycles.